The lowest BCUT2D eigenvalue weighted by Gasteiger charge is -2.31. The normalized spacial score (nSPS) is 30.2. The largest absolute Gasteiger partial charge is 0.345 e. The summed E-state index contributed by atoms with van der Waals surface area (Å²) >= 11 is 0. The van der Waals surface area contributed by atoms with Crippen molar-refractivity contribution in [2.24, 2.45) is 5.11 Å². The average Bonchev–Trinajstić information content (AvgIpc) is 2.86. The van der Waals surface area contributed by atoms with E-state index >= 15 is 0 Å². The number of fused-ring (bicyclic) bond motifs is 3. The van der Waals surface area contributed by atoms with Gasteiger partial charge in [-0.25, -0.2) is 0 Å². The summed E-state index contributed by atoms with van der Waals surface area (Å²) in [6, 6.07) is 3.21. The van der Waals surface area contributed by atoms with Crippen molar-refractivity contribution in [3.63, 3.8) is 0 Å². The van der Waals surface area contributed by atoms with Crippen LogP contribution in [0.15, 0.2) is 35.6 Å². The van der Waals surface area contributed by atoms with Crippen LogP contribution in [0, 0.1) is 0 Å². The summed E-state index contributed by atoms with van der Waals surface area (Å²) in [6.07, 6.45) is 5.67. The van der Waals surface area contributed by atoms with Crippen LogP contribution in [0.4, 0.5) is 0 Å². The van der Waals surface area contributed by atoms with Crippen LogP contribution < -0.4 is 5.32 Å². The summed E-state index contributed by atoms with van der Waals surface area (Å²) < 4.78 is 1.91. The molecule has 3 rings (SSSR count). The van der Waals surface area contributed by atoms with E-state index in [-0.39, 0.29) is 24.0 Å². The fourth-order valence-corrected chi connectivity index (χ4v) is 2.35. The maximum atomic E-state index is 11.7. The van der Waals surface area contributed by atoms with Gasteiger partial charge in [0.15, 0.2) is 0 Å². The minimum absolute atomic E-state index is 0.0539. The number of carbonyl (C=O) groups excluding carboxylic acids is 1. The molecule has 1 N–H and O–H groups in total. The number of amides is 1. The zero-order valence-electron chi connectivity index (χ0n) is 8.32. The molecule has 0 fully saturated rings. The maximum absolute atomic E-state index is 11.7. The molecule has 2 heterocycles. The van der Waals surface area contributed by atoms with E-state index < -0.39 is 0 Å². The first-order valence-corrected chi connectivity index (χ1v) is 5.01. The summed E-state index contributed by atoms with van der Waals surface area (Å²) in [7, 11) is 0. The molecule has 1 aromatic heterocycles. The second kappa shape index (κ2) is 3.15. The van der Waals surface area contributed by atoms with Crippen molar-refractivity contribution in [1.82, 2.24) is 9.88 Å². The van der Waals surface area contributed by atoms with E-state index in [1.54, 1.807) is 6.07 Å². The molecule has 0 bridgehead atoms. The summed E-state index contributed by atoms with van der Waals surface area (Å²) in [6.45, 7) is 0. The third-order valence-corrected chi connectivity index (χ3v) is 3.06. The fraction of sp³-hybridized carbons (Fsp3) is 0.300. The van der Waals surface area contributed by atoms with Crippen molar-refractivity contribution < 1.29 is 4.79 Å². The predicted molar refractivity (Wildman–Crippen MR) is 56.8 cm³/mol. The van der Waals surface area contributed by atoms with E-state index in [9.17, 15) is 4.79 Å². The Labute approximate surface area is 91.2 Å². The van der Waals surface area contributed by atoms with Gasteiger partial charge in [0, 0.05) is 11.1 Å². The van der Waals surface area contributed by atoms with Gasteiger partial charge in [0.25, 0.3) is 5.91 Å². The first-order chi connectivity index (χ1) is 7.81. The number of azide groups is 1. The molecular weight excluding hydrogens is 206 g/mol. The molecular formula is C10H9N5O. The molecule has 2 aliphatic rings. The number of aromatic nitrogens is 1. The molecule has 0 saturated carbocycles. The zero-order chi connectivity index (χ0) is 11.1. The Balaban J connectivity index is 2.04. The van der Waals surface area contributed by atoms with Crippen molar-refractivity contribution in [3.8, 4) is 0 Å². The maximum Gasteiger partial charge on any atom is 0.268 e. The van der Waals surface area contributed by atoms with E-state index in [1.165, 1.54) is 0 Å². The second-order valence-electron chi connectivity index (χ2n) is 3.87. The highest BCUT2D eigenvalue weighted by atomic mass is 16.2. The van der Waals surface area contributed by atoms with E-state index in [4.69, 9.17) is 5.53 Å². The van der Waals surface area contributed by atoms with Crippen molar-refractivity contribution in [2.75, 3.05) is 0 Å². The summed E-state index contributed by atoms with van der Waals surface area (Å²) in [4.78, 5) is 14.5. The van der Waals surface area contributed by atoms with Crippen LogP contribution in [-0.2, 0) is 0 Å². The Morgan fingerprint density at radius 1 is 1.50 bits per heavy atom. The Hall–Kier alpha value is -2.20. The Bertz CT molecular complexity index is 525. The van der Waals surface area contributed by atoms with Gasteiger partial charge in [0.05, 0.1) is 18.1 Å². The topological polar surface area (TPSA) is 82.8 Å². The first-order valence-electron chi connectivity index (χ1n) is 5.01. The second-order valence-corrected chi connectivity index (χ2v) is 3.87. The van der Waals surface area contributed by atoms with E-state index in [1.807, 2.05) is 29.0 Å². The quantitative estimate of drug-likeness (QED) is 0.326. The Kier molecular flexibility index (Phi) is 1.78. The van der Waals surface area contributed by atoms with E-state index in [0.29, 0.717) is 5.69 Å². The van der Waals surface area contributed by atoms with Crippen LogP contribution >= 0.6 is 0 Å². The lowest BCUT2D eigenvalue weighted by Crippen LogP contribution is -2.49. The van der Waals surface area contributed by atoms with Crippen molar-refractivity contribution >= 4 is 5.91 Å². The number of nitrogens with zero attached hydrogens (tertiary/aromatic N) is 4. The minimum Gasteiger partial charge on any atom is -0.345 e. The Morgan fingerprint density at radius 3 is 3.19 bits per heavy atom. The van der Waals surface area contributed by atoms with Gasteiger partial charge in [-0.05, 0) is 17.7 Å². The van der Waals surface area contributed by atoms with E-state index in [0.717, 1.165) is 0 Å². The SMILES string of the molecule is [N-]=[N+]=N[C@@H]1C=C[C@@H]2[C@H]1NC(=O)c1cccn12. The molecule has 1 aliphatic heterocycles. The Morgan fingerprint density at radius 2 is 2.38 bits per heavy atom. The van der Waals surface area contributed by atoms with Crippen LogP contribution in [0.1, 0.15) is 16.5 Å². The molecule has 6 heteroatoms. The van der Waals surface area contributed by atoms with Gasteiger partial charge in [-0.3, -0.25) is 4.79 Å². The van der Waals surface area contributed by atoms with Gasteiger partial charge in [0.2, 0.25) is 0 Å². The number of rotatable bonds is 1. The highest BCUT2D eigenvalue weighted by molar-refractivity contribution is 5.94. The van der Waals surface area contributed by atoms with Crippen LogP contribution in [0.2, 0.25) is 0 Å². The lowest BCUT2D eigenvalue weighted by atomic mass is 10.1. The minimum atomic E-state index is -0.297. The van der Waals surface area contributed by atoms with Gasteiger partial charge in [-0.2, -0.15) is 0 Å². The van der Waals surface area contributed by atoms with Crippen molar-refractivity contribution in [3.05, 3.63) is 46.6 Å². The van der Waals surface area contributed by atoms with Gasteiger partial charge in [0.1, 0.15) is 5.69 Å². The summed E-state index contributed by atoms with van der Waals surface area (Å²) in [5, 5.41) is 6.53. The fourth-order valence-electron chi connectivity index (χ4n) is 2.35. The van der Waals surface area contributed by atoms with Gasteiger partial charge >= 0.3 is 0 Å². The molecule has 0 radical (unpaired) electrons. The van der Waals surface area contributed by atoms with Crippen LogP contribution in [0.3, 0.4) is 0 Å². The molecule has 6 nitrogen and oxygen atoms in total. The number of carbonyl (C=O) groups is 1. The average molecular weight is 215 g/mol. The molecule has 0 saturated heterocycles. The first kappa shape index (κ1) is 9.06. The standard InChI is InChI=1S/C10H9N5O/c11-14-13-6-3-4-7-9(6)12-10(16)8-2-1-5-15(7)8/h1-7,9H,(H,12,16)/t6-,7-,9+/m1/s1. The number of hydrogen-bond acceptors (Lipinski definition) is 2. The van der Waals surface area contributed by atoms with Gasteiger partial charge < -0.3 is 9.88 Å². The highest BCUT2D eigenvalue weighted by Gasteiger charge is 2.38. The van der Waals surface area contributed by atoms with E-state index in [2.05, 4.69) is 15.3 Å². The molecule has 3 atom stereocenters. The smallest absolute Gasteiger partial charge is 0.268 e. The molecule has 1 aromatic rings. The third-order valence-electron chi connectivity index (χ3n) is 3.06. The highest BCUT2D eigenvalue weighted by Crippen LogP contribution is 2.30. The molecule has 0 aromatic carbocycles. The molecule has 1 amide bonds. The van der Waals surface area contributed by atoms with Gasteiger partial charge in [-0.1, -0.05) is 17.3 Å². The molecule has 16 heavy (non-hydrogen) atoms. The zero-order valence-corrected chi connectivity index (χ0v) is 8.32. The van der Waals surface area contributed by atoms with Crippen LogP contribution in [0.5, 0.6) is 0 Å². The number of nitrogens with one attached hydrogen (secondary N) is 1. The third kappa shape index (κ3) is 1.07. The lowest BCUT2D eigenvalue weighted by molar-refractivity contribution is 0.0890. The van der Waals surface area contributed by atoms with Gasteiger partial charge in [-0.15, -0.1) is 0 Å². The summed E-state index contributed by atoms with van der Waals surface area (Å²) in [5.74, 6) is -0.118. The summed E-state index contributed by atoms with van der Waals surface area (Å²) in [5.41, 5.74) is 9.09. The van der Waals surface area contributed by atoms with Crippen LogP contribution in [-0.4, -0.2) is 22.6 Å². The monoisotopic (exact) mass is 215 g/mol. The van der Waals surface area contributed by atoms with Crippen molar-refractivity contribution in [1.29, 1.82) is 0 Å². The molecule has 1 aliphatic carbocycles. The molecule has 0 unspecified atom stereocenters. The van der Waals surface area contributed by atoms with Crippen molar-refractivity contribution in [2.45, 2.75) is 18.1 Å². The predicted octanol–water partition coefficient (Wildman–Crippen LogP) is 1.39. The number of hydrogen-bond donors (Lipinski definition) is 1. The van der Waals surface area contributed by atoms with Crippen LogP contribution in [0.25, 0.3) is 10.4 Å². The molecule has 80 valence electrons. The molecule has 0 spiro atoms.